The van der Waals surface area contributed by atoms with Crippen molar-refractivity contribution < 1.29 is 26.7 Å². The van der Waals surface area contributed by atoms with Crippen LogP contribution in [0.1, 0.15) is 19.3 Å². The molecule has 4 nitrogen and oxygen atoms in total. The lowest BCUT2D eigenvalue weighted by atomic mass is 10.1. The normalized spacial score (nSPS) is 20.4. The summed E-state index contributed by atoms with van der Waals surface area (Å²) in [5, 5.41) is 2.68. The van der Waals surface area contributed by atoms with Crippen molar-refractivity contribution in [1.82, 2.24) is 0 Å². The van der Waals surface area contributed by atoms with Gasteiger partial charge in [0.15, 0.2) is 5.96 Å². The van der Waals surface area contributed by atoms with Gasteiger partial charge in [-0.2, -0.15) is 0 Å². The summed E-state index contributed by atoms with van der Waals surface area (Å²) in [7, 11) is 0. The van der Waals surface area contributed by atoms with Crippen LogP contribution in [0.4, 0.5) is 27.6 Å². The van der Waals surface area contributed by atoms with Gasteiger partial charge in [0.1, 0.15) is 5.75 Å². The minimum Gasteiger partial charge on any atom is -0.406 e. The number of guanidine groups is 1. The number of benzene rings is 1. The molecule has 0 saturated heterocycles. The van der Waals surface area contributed by atoms with Crippen molar-refractivity contribution in [2.45, 2.75) is 31.5 Å². The van der Waals surface area contributed by atoms with Crippen LogP contribution in [0.3, 0.4) is 0 Å². The van der Waals surface area contributed by atoms with Crippen molar-refractivity contribution in [3.63, 3.8) is 0 Å². The predicted octanol–water partition coefficient (Wildman–Crippen LogP) is 4.37. The lowest BCUT2D eigenvalue weighted by Crippen LogP contribution is -2.24. The van der Waals surface area contributed by atoms with E-state index in [0.29, 0.717) is 12.1 Å². The first-order chi connectivity index (χ1) is 10.6. The Bertz CT molecular complexity index is 563. The minimum absolute atomic E-state index is 0. The highest BCUT2D eigenvalue weighted by molar-refractivity contribution is 14.0. The summed E-state index contributed by atoms with van der Waals surface area (Å²) in [6, 6.07) is 4.93. The molecule has 1 aromatic carbocycles. The molecule has 2 rings (SSSR count). The zero-order valence-corrected chi connectivity index (χ0v) is 14.8. The molecule has 1 unspecified atom stereocenters. The maximum Gasteiger partial charge on any atom is 0.573 e. The first-order valence-electron chi connectivity index (χ1n) is 6.93. The van der Waals surface area contributed by atoms with Crippen LogP contribution in [-0.2, 0) is 0 Å². The second-order valence-electron chi connectivity index (χ2n) is 5.39. The van der Waals surface area contributed by atoms with Crippen LogP contribution in [0.25, 0.3) is 0 Å². The molecule has 1 aliphatic carbocycles. The fourth-order valence-corrected chi connectivity index (χ4v) is 2.35. The number of hydrogen-bond donors (Lipinski definition) is 2. The fourth-order valence-electron chi connectivity index (χ4n) is 2.35. The molecule has 0 radical (unpaired) electrons. The van der Waals surface area contributed by atoms with Gasteiger partial charge in [0.25, 0.3) is 0 Å². The highest BCUT2D eigenvalue weighted by atomic mass is 127. The van der Waals surface area contributed by atoms with Gasteiger partial charge in [0.05, 0.1) is 0 Å². The van der Waals surface area contributed by atoms with E-state index < -0.39 is 12.3 Å². The zero-order chi connectivity index (χ0) is 17.1. The van der Waals surface area contributed by atoms with Crippen molar-refractivity contribution in [2.24, 2.45) is 16.6 Å². The summed E-state index contributed by atoms with van der Waals surface area (Å²) < 4.78 is 65.9. The lowest BCUT2D eigenvalue weighted by Gasteiger charge is -2.11. The van der Waals surface area contributed by atoms with Crippen LogP contribution >= 0.6 is 24.0 Å². The Morgan fingerprint density at radius 3 is 2.42 bits per heavy atom. The van der Waals surface area contributed by atoms with E-state index in [-0.39, 0.29) is 61.0 Å². The van der Waals surface area contributed by atoms with Crippen LogP contribution in [-0.4, -0.2) is 24.8 Å². The summed E-state index contributed by atoms with van der Waals surface area (Å²) in [5.74, 6) is -3.18. The molecule has 1 saturated carbocycles. The topological polar surface area (TPSA) is 59.6 Å². The van der Waals surface area contributed by atoms with Crippen molar-refractivity contribution >= 4 is 35.6 Å². The van der Waals surface area contributed by atoms with Gasteiger partial charge in [-0.25, -0.2) is 8.78 Å². The zero-order valence-electron chi connectivity index (χ0n) is 12.4. The van der Waals surface area contributed by atoms with Crippen LogP contribution in [0, 0.1) is 5.92 Å². The highest BCUT2D eigenvalue weighted by Crippen LogP contribution is 2.38. The monoisotopic (exact) mass is 465 g/mol. The molecule has 0 bridgehead atoms. The van der Waals surface area contributed by atoms with E-state index in [2.05, 4.69) is 15.0 Å². The average molecular weight is 465 g/mol. The van der Waals surface area contributed by atoms with Crippen molar-refractivity contribution in [3.8, 4) is 5.75 Å². The van der Waals surface area contributed by atoms with Crippen LogP contribution < -0.4 is 15.8 Å². The summed E-state index contributed by atoms with van der Waals surface area (Å²) in [5.41, 5.74) is 6.05. The maximum atomic E-state index is 13.0. The van der Waals surface area contributed by atoms with E-state index in [1.807, 2.05) is 0 Å². The third-order valence-corrected chi connectivity index (χ3v) is 3.39. The smallest absolute Gasteiger partial charge is 0.406 e. The molecule has 1 atom stereocenters. The quantitative estimate of drug-likeness (QED) is 0.301. The van der Waals surface area contributed by atoms with Crippen molar-refractivity contribution in [3.05, 3.63) is 24.3 Å². The Morgan fingerprint density at radius 2 is 1.92 bits per heavy atom. The molecule has 3 N–H and O–H groups in total. The van der Waals surface area contributed by atoms with E-state index >= 15 is 0 Å². The Kier molecular flexibility index (Phi) is 7.05. The molecule has 136 valence electrons. The molecule has 0 heterocycles. The molecule has 1 aliphatic rings. The number of ether oxygens (including phenoxy) is 1. The van der Waals surface area contributed by atoms with Gasteiger partial charge in [-0.05, 0) is 36.6 Å². The van der Waals surface area contributed by atoms with Gasteiger partial charge in [-0.3, -0.25) is 4.99 Å². The molecule has 0 aromatic heterocycles. The second kappa shape index (κ2) is 8.17. The predicted molar refractivity (Wildman–Crippen MR) is 90.9 cm³/mol. The van der Waals surface area contributed by atoms with Gasteiger partial charge in [-0.15, -0.1) is 37.1 Å². The molecule has 24 heavy (non-hydrogen) atoms. The van der Waals surface area contributed by atoms with Gasteiger partial charge >= 0.3 is 6.36 Å². The van der Waals surface area contributed by atoms with E-state index in [1.165, 1.54) is 12.1 Å². The van der Waals surface area contributed by atoms with Crippen LogP contribution in [0.2, 0.25) is 0 Å². The number of hydrogen-bond acceptors (Lipinski definition) is 2. The van der Waals surface area contributed by atoms with Crippen LogP contribution in [0.5, 0.6) is 5.75 Å². The van der Waals surface area contributed by atoms with E-state index in [0.717, 1.165) is 12.1 Å². The average Bonchev–Trinajstić information content (AvgIpc) is 2.77. The first-order valence-corrected chi connectivity index (χ1v) is 6.93. The summed E-state index contributed by atoms with van der Waals surface area (Å²) in [4.78, 5) is 3.99. The van der Waals surface area contributed by atoms with Gasteiger partial charge in [0, 0.05) is 25.1 Å². The molecule has 0 aliphatic heterocycles. The number of alkyl halides is 5. The number of halogens is 6. The Morgan fingerprint density at radius 1 is 1.29 bits per heavy atom. The minimum atomic E-state index is -4.75. The largest absolute Gasteiger partial charge is 0.573 e. The highest BCUT2D eigenvalue weighted by Gasteiger charge is 2.39. The van der Waals surface area contributed by atoms with Gasteiger partial charge in [-0.1, -0.05) is 0 Å². The van der Waals surface area contributed by atoms with Crippen molar-refractivity contribution in [1.29, 1.82) is 0 Å². The SMILES string of the molecule is I.NC(=NCC1CCC(F)(F)C1)Nc1ccc(OC(F)(F)F)cc1. The lowest BCUT2D eigenvalue weighted by molar-refractivity contribution is -0.274. The number of nitrogens with zero attached hydrogens (tertiary/aromatic N) is 1. The number of anilines is 1. The summed E-state index contributed by atoms with van der Waals surface area (Å²) in [6.45, 7) is 0.184. The number of nitrogens with one attached hydrogen (secondary N) is 1. The molecule has 1 aromatic rings. The van der Waals surface area contributed by atoms with Crippen molar-refractivity contribution in [2.75, 3.05) is 11.9 Å². The third-order valence-electron chi connectivity index (χ3n) is 3.39. The molecule has 1 fully saturated rings. The summed E-state index contributed by atoms with van der Waals surface area (Å²) in [6.07, 6.45) is -4.69. The Hall–Kier alpha value is -1.33. The first kappa shape index (κ1) is 20.7. The van der Waals surface area contributed by atoms with E-state index in [9.17, 15) is 22.0 Å². The Labute approximate surface area is 152 Å². The number of rotatable bonds is 4. The standard InChI is InChI=1S/C14H16F5N3O.HI/c15-13(16)6-5-9(7-13)8-21-12(20)22-10-1-3-11(4-2-10)23-14(17,18)19;/h1-4,9H,5-8H2,(H3,20,21,22);1H. The number of aliphatic imine (C=N–C) groups is 1. The fraction of sp³-hybridized carbons (Fsp3) is 0.500. The van der Waals surface area contributed by atoms with E-state index in [4.69, 9.17) is 5.73 Å². The molecular formula is C14H17F5IN3O. The van der Waals surface area contributed by atoms with Gasteiger partial charge < -0.3 is 15.8 Å². The van der Waals surface area contributed by atoms with E-state index in [1.54, 1.807) is 0 Å². The molecule has 10 heteroatoms. The number of nitrogens with two attached hydrogens (primary N) is 1. The summed E-state index contributed by atoms with van der Waals surface area (Å²) >= 11 is 0. The Balaban J connectivity index is 0.00000288. The second-order valence-corrected chi connectivity index (χ2v) is 5.39. The van der Waals surface area contributed by atoms with Crippen LogP contribution in [0.15, 0.2) is 29.3 Å². The third kappa shape index (κ3) is 7.05. The molecule has 0 amide bonds. The van der Waals surface area contributed by atoms with Gasteiger partial charge in [0.2, 0.25) is 5.92 Å². The molecule has 0 spiro atoms. The molecular weight excluding hydrogens is 448 g/mol. The maximum absolute atomic E-state index is 13.0.